The normalized spacial score (nSPS) is 18.0. The Morgan fingerprint density at radius 3 is 2.91 bits per heavy atom. The van der Waals surface area contributed by atoms with Crippen molar-refractivity contribution >= 4 is 6.08 Å². The molecule has 0 fully saturated rings. The summed E-state index contributed by atoms with van der Waals surface area (Å²) in [6.07, 6.45) is 5.47. The molecule has 23 heavy (non-hydrogen) atoms. The smallest absolute Gasteiger partial charge is 0.133 e. The SMILES string of the molecule is CCc1nnc2n1CC(CNC/C(C)=C/c1ccccc1)CC2. The van der Waals surface area contributed by atoms with Crippen LogP contribution in [0.4, 0.5) is 0 Å². The van der Waals surface area contributed by atoms with Crippen LogP contribution in [-0.2, 0) is 19.4 Å². The summed E-state index contributed by atoms with van der Waals surface area (Å²) < 4.78 is 2.32. The van der Waals surface area contributed by atoms with Gasteiger partial charge >= 0.3 is 0 Å². The van der Waals surface area contributed by atoms with Crippen molar-refractivity contribution in [1.82, 2.24) is 20.1 Å². The Bertz CT molecular complexity index is 644. The molecule has 1 aliphatic rings. The fourth-order valence-corrected chi connectivity index (χ4v) is 3.24. The van der Waals surface area contributed by atoms with Gasteiger partial charge in [0, 0.05) is 25.9 Å². The van der Waals surface area contributed by atoms with Crippen molar-refractivity contribution in [2.45, 2.75) is 39.7 Å². The second kappa shape index (κ2) is 7.55. The number of benzene rings is 1. The molecule has 4 heteroatoms. The van der Waals surface area contributed by atoms with Crippen molar-refractivity contribution in [3.63, 3.8) is 0 Å². The molecule has 1 atom stereocenters. The molecule has 4 nitrogen and oxygen atoms in total. The summed E-state index contributed by atoms with van der Waals surface area (Å²) >= 11 is 0. The highest BCUT2D eigenvalue weighted by Crippen LogP contribution is 2.19. The minimum atomic E-state index is 0.674. The van der Waals surface area contributed by atoms with E-state index < -0.39 is 0 Å². The van der Waals surface area contributed by atoms with E-state index in [2.05, 4.69) is 70.3 Å². The fraction of sp³-hybridized carbons (Fsp3) is 0.474. The highest BCUT2D eigenvalue weighted by molar-refractivity contribution is 5.52. The van der Waals surface area contributed by atoms with Gasteiger partial charge in [0.15, 0.2) is 0 Å². The van der Waals surface area contributed by atoms with Gasteiger partial charge in [-0.25, -0.2) is 0 Å². The quantitative estimate of drug-likeness (QED) is 0.891. The summed E-state index contributed by atoms with van der Waals surface area (Å²) in [5.74, 6) is 2.97. The lowest BCUT2D eigenvalue weighted by atomic mass is 9.99. The molecule has 122 valence electrons. The number of nitrogens with zero attached hydrogens (tertiary/aromatic N) is 3. The summed E-state index contributed by atoms with van der Waals surface area (Å²) in [7, 11) is 0. The number of aromatic nitrogens is 3. The van der Waals surface area contributed by atoms with Gasteiger partial charge in [-0.05, 0) is 31.4 Å². The van der Waals surface area contributed by atoms with Gasteiger partial charge < -0.3 is 9.88 Å². The van der Waals surface area contributed by atoms with E-state index >= 15 is 0 Å². The Kier molecular flexibility index (Phi) is 5.23. The number of hydrogen-bond donors (Lipinski definition) is 1. The monoisotopic (exact) mass is 310 g/mol. The third kappa shape index (κ3) is 4.08. The lowest BCUT2D eigenvalue weighted by molar-refractivity contribution is 0.346. The van der Waals surface area contributed by atoms with Crippen LogP contribution in [0.3, 0.4) is 0 Å². The van der Waals surface area contributed by atoms with Crippen molar-refractivity contribution in [3.05, 3.63) is 53.1 Å². The topological polar surface area (TPSA) is 42.7 Å². The molecule has 0 amide bonds. The van der Waals surface area contributed by atoms with Crippen molar-refractivity contribution < 1.29 is 0 Å². The lowest BCUT2D eigenvalue weighted by Gasteiger charge is -2.24. The zero-order chi connectivity index (χ0) is 16.1. The van der Waals surface area contributed by atoms with Gasteiger partial charge in [0.1, 0.15) is 11.6 Å². The molecular formula is C19H26N4. The van der Waals surface area contributed by atoms with Crippen LogP contribution in [0.5, 0.6) is 0 Å². The van der Waals surface area contributed by atoms with Crippen molar-refractivity contribution in [2.24, 2.45) is 5.92 Å². The number of fused-ring (bicyclic) bond motifs is 1. The summed E-state index contributed by atoms with van der Waals surface area (Å²) in [6.45, 7) is 7.40. The number of hydrogen-bond acceptors (Lipinski definition) is 3. The van der Waals surface area contributed by atoms with Crippen LogP contribution in [0, 0.1) is 5.92 Å². The molecule has 1 N–H and O–H groups in total. The van der Waals surface area contributed by atoms with Gasteiger partial charge in [-0.1, -0.05) is 48.9 Å². The van der Waals surface area contributed by atoms with Gasteiger partial charge in [0.05, 0.1) is 0 Å². The summed E-state index contributed by atoms with van der Waals surface area (Å²) in [5.41, 5.74) is 2.64. The van der Waals surface area contributed by atoms with E-state index in [0.29, 0.717) is 5.92 Å². The third-order valence-electron chi connectivity index (χ3n) is 4.49. The zero-order valence-electron chi connectivity index (χ0n) is 14.1. The molecule has 0 bridgehead atoms. The maximum absolute atomic E-state index is 4.30. The lowest BCUT2D eigenvalue weighted by Crippen LogP contribution is -2.31. The Balaban J connectivity index is 1.49. The Hall–Kier alpha value is -1.94. The van der Waals surface area contributed by atoms with E-state index in [-0.39, 0.29) is 0 Å². The van der Waals surface area contributed by atoms with Crippen LogP contribution in [0.2, 0.25) is 0 Å². The summed E-state index contributed by atoms with van der Waals surface area (Å²) in [5, 5.41) is 12.2. The van der Waals surface area contributed by atoms with Crippen LogP contribution < -0.4 is 5.32 Å². The van der Waals surface area contributed by atoms with Crippen LogP contribution in [0.25, 0.3) is 6.08 Å². The maximum Gasteiger partial charge on any atom is 0.133 e. The molecule has 1 aromatic heterocycles. The molecule has 3 rings (SSSR count). The van der Waals surface area contributed by atoms with E-state index in [1.165, 1.54) is 23.4 Å². The predicted octanol–water partition coefficient (Wildman–Crippen LogP) is 3.10. The highest BCUT2D eigenvalue weighted by Gasteiger charge is 2.21. The van der Waals surface area contributed by atoms with E-state index in [1.807, 2.05) is 0 Å². The highest BCUT2D eigenvalue weighted by atomic mass is 15.3. The van der Waals surface area contributed by atoms with Crippen molar-refractivity contribution in [1.29, 1.82) is 0 Å². The molecule has 0 aliphatic carbocycles. The average Bonchev–Trinajstić information content (AvgIpc) is 2.98. The number of rotatable bonds is 6. The van der Waals surface area contributed by atoms with Crippen LogP contribution in [0.15, 0.2) is 35.9 Å². The number of nitrogens with one attached hydrogen (secondary N) is 1. The van der Waals surface area contributed by atoms with Gasteiger partial charge in [-0.2, -0.15) is 0 Å². The predicted molar refractivity (Wildman–Crippen MR) is 94.2 cm³/mol. The van der Waals surface area contributed by atoms with Gasteiger partial charge in [-0.15, -0.1) is 10.2 Å². The van der Waals surface area contributed by atoms with Gasteiger partial charge in [0.25, 0.3) is 0 Å². The molecule has 0 spiro atoms. The summed E-state index contributed by atoms with van der Waals surface area (Å²) in [4.78, 5) is 0. The van der Waals surface area contributed by atoms with E-state index in [9.17, 15) is 0 Å². The molecular weight excluding hydrogens is 284 g/mol. The van der Waals surface area contributed by atoms with Crippen LogP contribution in [0.1, 0.15) is 37.5 Å². The molecule has 0 saturated carbocycles. The molecule has 2 aromatic rings. The molecule has 1 aliphatic heterocycles. The first-order chi connectivity index (χ1) is 11.3. The van der Waals surface area contributed by atoms with Gasteiger partial charge in [0.2, 0.25) is 0 Å². The first kappa shape index (κ1) is 15.9. The first-order valence-corrected chi connectivity index (χ1v) is 8.60. The number of aryl methyl sites for hydroxylation is 2. The molecule has 2 heterocycles. The van der Waals surface area contributed by atoms with E-state index in [1.54, 1.807) is 0 Å². The zero-order valence-corrected chi connectivity index (χ0v) is 14.1. The van der Waals surface area contributed by atoms with Crippen LogP contribution >= 0.6 is 0 Å². The second-order valence-corrected chi connectivity index (χ2v) is 6.43. The second-order valence-electron chi connectivity index (χ2n) is 6.43. The average molecular weight is 310 g/mol. The Morgan fingerprint density at radius 2 is 2.13 bits per heavy atom. The van der Waals surface area contributed by atoms with Crippen molar-refractivity contribution in [2.75, 3.05) is 13.1 Å². The molecule has 1 unspecified atom stereocenters. The largest absolute Gasteiger partial charge is 0.315 e. The minimum Gasteiger partial charge on any atom is -0.315 e. The standard InChI is InChI=1S/C19H26N4/c1-3-18-21-22-19-10-9-17(14-23(18)19)13-20-12-15(2)11-16-7-5-4-6-8-16/h4-8,11,17,20H,3,9-10,12-14H2,1-2H3/b15-11+. The first-order valence-electron chi connectivity index (χ1n) is 8.60. The molecule has 1 aromatic carbocycles. The fourth-order valence-electron chi connectivity index (χ4n) is 3.24. The Labute approximate surface area is 138 Å². The van der Waals surface area contributed by atoms with Crippen LogP contribution in [-0.4, -0.2) is 27.9 Å². The maximum atomic E-state index is 4.30. The Morgan fingerprint density at radius 1 is 1.30 bits per heavy atom. The molecule has 0 radical (unpaired) electrons. The van der Waals surface area contributed by atoms with Gasteiger partial charge in [-0.3, -0.25) is 0 Å². The van der Waals surface area contributed by atoms with Crippen molar-refractivity contribution in [3.8, 4) is 0 Å². The summed E-state index contributed by atoms with van der Waals surface area (Å²) in [6, 6.07) is 10.5. The van der Waals surface area contributed by atoms with E-state index in [4.69, 9.17) is 0 Å². The minimum absolute atomic E-state index is 0.674. The third-order valence-corrected chi connectivity index (χ3v) is 4.49. The van der Waals surface area contributed by atoms with E-state index in [0.717, 1.165) is 38.3 Å². The molecule has 0 saturated heterocycles.